The highest BCUT2D eigenvalue weighted by Crippen LogP contribution is 2.12. The fourth-order valence-electron chi connectivity index (χ4n) is 2.29. The molecule has 120 valence electrons. The van der Waals surface area contributed by atoms with E-state index >= 15 is 0 Å². The Morgan fingerprint density at radius 2 is 1.78 bits per heavy atom. The third kappa shape index (κ3) is 3.85. The van der Waals surface area contributed by atoms with E-state index in [4.69, 9.17) is 0 Å². The highest BCUT2D eigenvalue weighted by atomic mass is 16.2. The predicted octanol–water partition coefficient (Wildman–Crippen LogP) is 1.55. The Bertz CT molecular complexity index is 611. The highest BCUT2D eigenvalue weighted by molar-refractivity contribution is 6.01. The van der Waals surface area contributed by atoms with E-state index in [9.17, 15) is 14.4 Å². The fourth-order valence-corrected chi connectivity index (χ4v) is 2.29. The maximum atomic E-state index is 12.4. The Labute approximate surface area is 135 Å². The normalized spacial score (nSPS) is 13.7. The minimum atomic E-state index is -0.390. The molecule has 0 spiro atoms. The summed E-state index contributed by atoms with van der Waals surface area (Å²) in [5, 5.41) is 2.47. The monoisotopic (exact) mass is 313 g/mol. The van der Waals surface area contributed by atoms with E-state index in [0.717, 1.165) is 10.5 Å². The van der Waals surface area contributed by atoms with Gasteiger partial charge in [0.05, 0.1) is 13.1 Å². The summed E-state index contributed by atoms with van der Waals surface area (Å²) in [6.45, 7) is 8.39. The smallest absolute Gasteiger partial charge is 0.324 e. The lowest BCUT2D eigenvalue weighted by molar-refractivity contribution is -0.125. The number of benzene rings is 1. The van der Waals surface area contributed by atoms with E-state index in [-0.39, 0.29) is 24.9 Å². The van der Waals surface area contributed by atoms with Crippen LogP contribution in [0.2, 0.25) is 0 Å². The van der Waals surface area contributed by atoms with Crippen molar-refractivity contribution in [3.05, 3.63) is 60.7 Å². The summed E-state index contributed by atoms with van der Waals surface area (Å²) in [7, 11) is 0. The second-order valence-corrected chi connectivity index (χ2v) is 5.12. The molecule has 23 heavy (non-hydrogen) atoms. The summed E-state index contributed by atoms with van der Waals surface area (Å²) in [4.78, 5) is 38.2. The summed E-state index contributed by atoms with van der Waals surface area (Å²) in [5.41, 5.74) is 1.32. The van der Waals surface area contributed by atoms with Gasteiger partial charge in [-0.3, -0.25) is 14.5 Å². The molecule has 0 radical (unpaired) electrons. The topological polar surface area (TPSA) is 69.7 Å². The minimum absolute atomic E-state index is 0.0352. The largest absolute Gasteiger partial charge is 0.331 e. The maximum Gasteiger partial charge on any atom is 0.324 e. The van der Waals surface area contributed by atoms with Crippen molar-refractivity contribution in [3.8, 4) is 0 Å². The van der Waals surface area contributed by atoms with E-state index in [2.05, 4.69) is 18.5 Å². The van der Waals surface area contributed by atoms with Crippen LogP contribution in [0.5, 0.6) is 0 Å². The standard InChI is InChI=1S/C17H19N3O3/c1-3-9-19(10-4-2)16(22)14-7-5-13(6-8-14)12-20-15(21)11-18-17(20)23/h3-8H,1-2,9-12H2,(H,18,23). The molecule has 6 nitrogen and oxygen atoms in total. The predicted molar refractivity (Wildman–Crippen MR) is 86.7 cm³/mol. The molecule has 0 saturated carbocycles. The number of imide groups is 1. The van der Waals surface area contributed by atoms with E-state index < -0.39 is 6.03 Å². The van der Waals surface area contributed by atoms with Gasteiger partial charge in [0, 0.05) is 18.7 Å². The van der Waals surface area contributed by atoms with Gasteiger partial charge < -0.3 is 10.2 Å². The number of carbonyl (C=O) groups is 3. The van der Waals surface area contributed by atoms with Crippen LogP contribution in [0.15, 0.2) is 49.6 Å². The zero-order chi connectivity index (χ0) is 16.8. The lowest BCUT2D eigenvalue weighted by Crippen LogP contribution is -2.31. The Morgan fingerprint density at radius 1 is 1.17 bits per heavy atom. The van der Waals surface area contributed by atoms with Gasteiger partial charge in [-0.15, -0.1) is 13.2 Å². The number of rotatable bonds is 7. The first-order valence-electron chi connectivity index (χ1n) is 7.25. The molecule has 0 atom stereocenters. The quantitative estimate of drug-likeness (QED) is 0.613. The van der Waals surface area contributed by atoms with Gasteiger partial charge in [0.2, 0.25) is 5.91 Å². The number of amides is 4. The van der Waals surface area contributed by atoms with Gasteiger partial charge in [-0.2, -0.15) is 0 Å². The first kappa shape index (κ1) is 16.5. The van der Waals surface area contributed by atoms with E-state index in [1.54, 1.807) is 41.3 Å². The third-order valence-corrected chi connectivity index (χ3v) is 3.46. The van der Waals surface area contributed by atoms with Crippen LogP contribution in [0.25, 0.3) is 0 Å². The molecule has 6 heteroatoms. The lowest BCUT2D eigenvalue weighted by Gasteiger charge is -2.19. The van der Waals surface area contributed by atoms with Crippen molar-refractivity contribution in [1.82, 2.24) is 15.1 Å². The van der Waals surface area contributed by atoms with Crippen LogP contribution in [0, 0.1) is 0 Å². The average molecular weight is 313 g/mol. The zero-order valence-electron chi connectivity index (χ0n) is 12.8. The summed E-state index contributed by atoms with van der Waals surface area (Å²) in [6.07, 6.45) is 3.32. The average Bonchev–Trinajstić information content (AvgIpc) is 2.87. The van der Waals surface area contributed by atoms with E-state index in [1.807, 2.05) is 0 Å². The molecule has 1 N–H and O–H groups in total. The molecule has 1 fully saturated rings. The molecule has 1 aliphatic rings. The number of nitrogens with zero attached hydrogens (tertiary/aromatic N) is 2. The Kier molecular flexibility index (Phi) is 5.30. The van der Waals surface area contributed by atoms with Crippen molar-refractivity contribution in [2.45, 2.75) is 6.54 Å². The van der Waals surface area contributed by atoms with Crippen molar-refractivity contribution < 1.29 is 14.4 Å². The molecule has 1 saturated heterocycles. The Hall–Kier alpha value is -2.89. The first-order valence-corrected chi connectivity index (χ1v) is 7.25. The van der Waals surface area contributed by atoms with E-state index in [1.165, 1.54) is 0 Å². The van der Waals surface area contributed by atoms with Crippen molar-refractivity contribution in [3.63, 3.8) is 0 Å². The summed E-state index contributed by atoms with van der Waals surface area (Å²) in [5.74, 6) is -0.371. The number of carbonyl (C=O) groups excluding carboxylic acids is 3. The molecule has 0 aromatic heterocycles. The highest BCUT2D eigenvalue weighted by Gasteiger charge is 2.28. The number of nitrogens with one attached hydrogen (secondary N) is 1. The molecule has 1 aromatic rings. The van der Waals surface area contributed by atoms with Crippen molar-refractivity contribution in [2.75, 3.05) is 19.6 Å². The van der Waals surface area contributed by atoms with Crippen molar-refractivity contribution in [1.29, 1.82) is 0 Å². The second kappa shape index (κ2) is 7.40. The molecular formula is C17H19N3O3. The van der Waals surface area contributed by atoms with Crippen molar-refractivity contribution in [2.24, 2.45) is 0 Å². The third-order valence-electron chi connectivity index (χ3n) is 3.46. The minimum Gasteiger partial charge on any atom is -0.331 e. The second-order valence-electron chi connectivity index (χ2n) is 5.12. The van der Waals surface area contributed by atoms with E-state index in [0.29, 0.717) is 18.7 Å². The molecular weight excluding hydrogens is 294 g/mol. The first-order chi connectivity index (χ1) is 11.1. The number of hydrogen-bond acceptors (Lipinski definition) is 3. The summed E-state index contributed by atoms with van der Waals surface area (Å²) in [6, 6.07) is 6.47. The van der Waals surface area contributed by atoms with Gasteiger partial charge in [-0.05, 0) is 17.7 Å². The van der Waals surface area contributed by atoms with Gasteiger partial charge in [0.1, 0.15) is 0 Å². The fraction of sp³-hybridized carbons (Fsp3) is 0.235. The zero-order valence-corrected chi connectivity index (χ0v) is 12.8. The van der Waals surface area contributed by atoms with Crippen LogP contribution >= 0.6 is 0 Å². The summed E-state index contributed by atoms with van der Waals surface area (Å²) < 4.78 is 0. The van der Waals surface area contributed by atoms with Crippen molar-refractivity contribution >= 4 is 17.8 Å². The van der Waals surface area contributed by atoms with Crippen LogP contribution in [0.4, 0.5) is 4.79 Å². The molecule has 1 aromatic carbocycles. The SMILES string of the molecule is C=CCN(CC=C)C(=O)c1ccc(CN2C(=O)CNC2=O)cc1. The van der Waals surface area contributed by atoms with Crippen LogP contribution in [-0.4, -0.2) is 47.3 Å². The van der Waals surface area contributed by atoms with Gasteiger partial charge in [-0.1, -0.05) is 24.3 Å². The number of urea groups is 1. The molecule has 2 rings (SSSR count). The van der Waals surface area contributed by atoms with Crippen LogP contribution in [-0.2, 0) is 11.3 Å². The molecule has 0 unspecified atom stereocenters. The van der Waals surface area contributed by atoms with Gasteiger partial charge in [0.25, 0.3) is 5.91 Å². The Balaban J connectivity index is 2.07. The van der Waals surface area contributed by atoms with Gasteiger partial charge >= 0.3 is 6.03 Å². The van der Waals surface area contributed by atoms with Crippen LogP contribution in [0.3, 0.4) is 0 Å². The molecule has 4 amide bonds. The molecule has 0 bridgehead atoms. The lowest BCUT2D eigenvalue weighted by atomic mass is 10.1. The molecule has 1 aliphatic heterocycles. The van der Waals surface area contributed by atoms with Crippen LogP contribution in [0.1, 0.15) is 15.9 Å². The number of hydrogen-bond donors (Lipinski definition) is 1. The van der Waals surface area contributed by atoms with Gasteiger partial charge in [-0.25, -0.2) is 4.79 Å². The molecule has 0 aliphatic carbocycles. The Morgan fingerprint density at radius 3 is 2.26 bits per heavy atom. The summed E-state index contributed by atoms with van der Waals surface area (Å²) >= 11 is 0. The van der Waals surface area contributed by atoms with Crippen LogP contribution < -0.4 is 5.32 Å². The molecule has 1 heterocycles. The van der Waals surface area contributed by atoms with Gasteiger partial charge in [0.15, 0.2) is 0 Å². The maximum absolute atomic E-state index is 12.4.